The summed E-state index contributed by atoms with van der Waals surface area (Å²) in [5.74, 6) is 0.669. The van der Waals surface area contributed by atoms with Gasteiger partial charge in [-0.3, -0.25) is 0 Å². The van der Waals surface area contributed by atoms with E-state index in [0.29, 0.717) is 12.0 Å². The molecule has 2 fully saturated rings. The molecule has 0 radical (unpaired) electrons. The Labute approximate surface area is 92.3 Å². The second-order valence-corrected chi connectivity index (χ2v) is 4.70. The summed E-state index contributed by atoms with van der Waals surface area (Å²) in [6.45, 7) is 7.99. The van der Waals surface area contributed by atoms with Crippen LogP contribution in [0, 0.1) is 5.92 Å². The Morgan fingerprint density at radius 2 is 1.73 bits per heavy atom. The van der Waals surface area contributed by atoms with Crippen LogP contribution in [0.15, 0.2) is 12.3 Å². The number of nitrogens with zero attached hydrogens (tertiary/aromatic N) is 1. The zero-order valence-corrected chi connectivity index (χ0v) is 9.45. The van der Waals surface area contributed by atoms with Crippen LogP contribution in [0.3, 0.4) is 0 Å². The van der Waals surface area contributed by atoms with Gasteiger partial charge >= 0.3 is 0 Å². The fourth-order valence-corrected chi connectivity index (χ4v) is 2.56. The van der Waals surface area contributed by atoms with Gasteiger partial charge in [0.1, 0.15) is 0 Å². The van der Waals surface area contributed by atoms with Gasteiger partial charge in [0.25, 0.3) is 0 Å². The molecule has 0 bridgehead atoms. The third kappa shape index (κ3) is 2.73. The third-order valence-electron chi connectivity index (χ3n) is 3.66. The number of hydrogen-bond acceptors (Lipinski definition) is 3. The number of rotatable bonds is 2. The third-order valence-corrected chi connectivity index (χ3v) is 3.66. The smallest absolute Gasteiger partial charge is 0.0642 e. The molecule has 2 rings (SSSR count). The van der Waals surface area contributed by atoms with Crippen molar-refractivity contribution in [1.82, 2.24) is 4.90 Å². The van der Waals surface area contributed by atoms with Crippen LogP contribution < -0.4 is 5.73 Å². The van der Waals surface area contributed by atoms with Gasteiger partial charge in [-0.25, -0.2) is 0 Å². The molecule has 0 atom stereocenters. The monoisotopic (exact) mass is 210 g/mol. The molecule has 0 aromatic heterocycles. The number of ether oxygens (including phenoxy) is 1. The molecule has 1 saturated carbocycles. The minimum absolute atomic E-state index is 0.429. The van der Waals surface area contributed by atoms with E-state index in [4.69, 9.17) is 10.5 Å². The van der Waals surface area contributed by atoms with E-state index in [1.165, 1.54) is 18.5 Å². The summed E-state index contributed by atoms with van der Waals surface area (Å²) in [6, 6.07) is 0.429. The van der Waals surface area contributed by atoms with Crippen LogP contribution >= 0.6 is 0 Å². The zero-order valence-electron chi connectivity index (χ0n) is 9.45. The Kier molecular flexibility index (Phi) is 3.65. The molecule has 2 aliphatic rings. The molecule has 0 aromatic carbocycles. The van der Waals surface area contributed by atoms with Crippen molar-refractivity contribution in [3.8, 4) is 0 Å². The van der Waals surface area contributed by atoms with Crippen molar-refractivity contribution in [2.75, 3.05) is 26.3 Å². The highest BCUT2D eigenvalue weighted by atomic mass is 16.5. The van der Waals surface area contributed by atoms with Crippen LogP contribution in [0.5, 0.6) is 0 Å². The van der Waals surface area contributed by atoms with Crippen molar-refractivity contribution < 1.29 is 4.74 Å². The minimum atomic E-state index is 0.429. The van der Waals surface area contributed by atoms with E-state index in [-0.39, 0.29) is 0 Å². The van der Waals surface area contributed by atoms with E-state index in [9.17, 15) is 0 Å². The first-order valence-corrected chi connectivity index (χ1v) is 6.04. The van der Waals surface area contributed by atoms with Crippen molar-refractivity contribution in [1.29, 1.82) is 0 Å². The molecular weight excluding hydrogens is 188 g/mol. The lowest BCUT2D eigenvalue weighted by atomic mass is 9.84. The first-order chi connectivity index (χ1) is 7.27. The quantitative estimate of drug-likeness (QED) is 0.747. The lowest BCUT2D eigenvalue weighted by Crippen LogP contribution is -2.39. The van der Waals surface area contributed by atoms with Crippen LogP contribution in [0.1, 0.15) is 25.7 Å². The molecule has 1 aliphatic carbocycles. The second kappa shape index (κ2) is 4.99. The molecule has 15 heavy (non-hydrogen) atoms. The van der Waals surface area contributed by atoms with Crippen molar-refractivity contribution in [3.05, 3.63) is 12.3 Å². The molecule has 3 heteroatoms. The Morgan fingerprint density at radius 3 is 2.33 bits per heavy atom. The Morgan fingerprint density at radius 1 is 1.13 bits per heavy atom. The van der Waals surface area contributed by atoms with Gasteiger partial charge in [0.15, 0.2) is 0 Å². The second-order valence-electron chi connectivity index (χ2n) is 4.70. The average Bonchev–Trinajstić information content (AvgIpc) is 2.30. The van der Waals surface area contributed by atoms with Gasteiger partial charge in [0.2, 0.25) is 0 Å². The van der Waals surface area contributed by atoms with E-state index < -0.39 is 0 Å². The molecule has 3 nitrogen and oxygen atoms in total. The molecular formula is C12H22N2O. The summed E-state index contributed by atoms with van der Waals surface area (Å²) < 4.78 is 5.35. The van der Waals surface area contributed by atoms with Crippen molar-refractivity contribution in [2.24, 2.45) is 11.7 Å². The Balaban J connectivity index is 1.84. The van der Waals surface area contributed by atoms with Gasteiger partial charge in [0.05, 0.1) is 13.2 Å². The molecule has 1 saturated heterocycles. The average molecular weight is 210 g/mol. The summed E-state index contributed by atoms with van der Waals surface area (Å²) >= 11 is 0. The summed E-state index contributed by atoms with van der Waals surface area (Å²) in [5, 5.41) is 0. The normalized spacial score (nSPS) is 32.7. The fraction of sp³-hybridized carbons (Fsp3) is 0.833. The number of nitrogens with two attached hydrogens (primary N) is 1. The SMILES string of the molecule is C=C(C1CCC(N)CC1)N1CCOCC1. The van der Waals surface area contributed by atoms with E-state index in [1.54, 1.807) is 0 Å². The molecule has 1 aliphatic heterocycles. The van der Waals surface area contributed by atoms with Gasteiger partial charge in [-0.1, -0.05) is 6.58 Å². The minimum Gasteiger partial charge on any atom is -0.378 e. The highest BCUT2D eigenvalue weighted by Crippen LogP contribution is 2.30. The van der Waals surface area contributed by atoms with E-state index >= 15 is 0 Å². The topological polar surface area (TPSA) is 38.5 Å². The molecule has 86 valence electrons. The van der Waals surface area contributed by atoms with Crippen LogP contribution in [-0.2, 0) is 4.74 Å². The van der Waals surface area contributed by atoms with Gasteiger partial charge in [-0.15, -0.1) is 0 Å². The summed E-state index contributed by atoms with van der Waals surface area (Å²) in [5.41, 5.74) is 7.24. The van der Waals surface area contributed by atoms with Gasteiger partial charge in [-0.2, -0.15) is 0 Å². The first-order valence-electron chi connectivity index (χ1n) is 6.04. The molecule has 0 spiro atoms. The zero-order chi connectivity index (χ0) is 10.7. The standard InChI is InChI=1S/C12H22N2O/c1-10(14-6-8-15-9-7-14)11-2-4-12(13)5-3-11/h11-12H,1-9,13H2. The maximum absolute atomic E-state index is 5.91. The van der Waals surface area contributed by atoms with Crippen molar-refractivity contribution in [3.63, 3.8) is 0 Å². The van der Waals surface area contributed by atoms with E-state index in [0.717, 1.165) is 39.1 Å². The summed E-state index contributed by atoms with van der Waals surface area (Å²) in [6.07, 6.45) is 4.76. The summed E-state index contributed by atoms with van der Waals surface area (Å²) in [7, 11) is 0. The summed E-state index contributed by atoms with van der Waals surface area (Å²) in [4.78, 5) is 2.39. The molecule has 2 N–H and O–H groups in total. The number of morpholine rings is 1. The van der Waals surface area contributed by atoms with Gasteiger partial charge < -0.3 is 15.4 Å². The lowest BCUT2D eigenvalue weighted by Gasteiger charge is -2.37. The largest absolute Gasteiger partial charge is 0.378 e. The van der Waals surface area contributed by atoms with Crippen LogP contribution in [0.25, 0.3) is 0 Å². The molecule has 1 heterocycles. The first kappa shape index (κ1) is 11.0. The van der Waals surface area contributed by atoms with Crippen LogP contribution in [-0.4, -0.2) is 37.2 Å². The highest BCUT2D eigenvalue weighted by molar-refractivity contribution is 5.02. The van der Waals surface area contributed by atoms with Crippen LogP contribution in [0.2, 0.25) is 0 Å². The maximum Gasteiger partial charge on any atom is 0.0642 e. The lowest BCUT2D eigenvalue weighted by molar-refractivity contribution is 0.0469. The molecule has 0 aromatic rings. The van der Waals surface area contributed by atoms with E-state index in [2.05, 4.69) is 11.5 Å². The maximum atomic E-state index is 5.91. The van der Waals surface area contributed by atoms with Crippen molar-refractivity contribution in [2.45, 2.75) is 31.7 Å². The highest BCUT2D eigenvalue weighted by Gasteiger charge is 2.24. The van der Waals surface area contributed by atoms with Crippen molar-refractivity contribution >= 4 is 0 Å². The van der Waals surface area contributed by atoms with E-state index in [1.807, 2.05) is 0 Å². The fourth-order valence-electron chi connectivity index (χ4n) is 2.56. The van der Waals surface area contributed by atoms with Gasteiger partial charge in [0, 0.05) is 24.8 Å². The van der Waals surface area contributed by atoms with Crippen LogP contribution in [0.4, 0.5) is 0 Å². The number of hydrogen-bond donors (Lipinski definition) is 1. The Bertz CT molecular complexity index is 216. The number of allylic oxidation sites excluding steroid dienone is 1. The predicted octanol–water partition coefficient (Wildman–Crippen LogP) is 1.35. The molecule has 0 unspecified atom stereocenters. The molecule has 0 amide bonds. The Hall–Kier alpha value is -0.540. The van der Waals surface area contributed by atoms with Gasteiger partial charge in [-0.05, 0) is 31.6 Å². The predicted molar refractivity (Wildman–Crippen MR) is 61.5 cm³/mol.